The lowest BCUT2D eigenvalue weighted by Crippen LogP contribution is -2.20. The highest BCUT2D eigenvalue weighted by Crippen LogP contribution is 2.23. The van der Waals surface area contributed by atoms with Crippen LogP contribution in [0.3, 0.4) is 0 Å². The van der Waals surface area contributed by atoms with Crippen LogP contribution in [0.4, 0.5) is 5.00 Å². The fourth-order valence-corrected chi connectivity index (χ4v) is 2.52. The van der Waals surface area contributed by atoms with Gasteiger partial charge in [-0.25, -0.2) is 9.78 Å². The maximum Gasteiger partial charge on any atom is 0.357 e. The van der Waals surface area contributed by atoms with Crippen molar-refractivity contribution in [2.24, 2.45) is 0 Å². The molecule has 2 N–H and O–H groups in total. The zero-order chi connectivity index (χ0) is 12.7. The van der Waals surface area contributed by atoms with E-state index < -0.39 is 5.97 Å². The third kappa shape index (κ3) is 4.34. The first kappa shape index (κ1) is 14.0. The minimum Gasteiger partial charge on any atom is -0.476 e. The lowest BCUT2D eigenvalue weighted by atomic mass is 10.1. The summed E-state index contributed by atoms with van der Waals surface area (Å²) in [7, 11) is 0. The third-order valence-corrected chi connectivity index (χ3v) is 3.41. The smallest absolute Gasteiger partial charge is 0.357 e. The lowest BCUT2D eigenvalue weighted by Gasteiger charge is -2.18. The van der Waals surface area contributed by atoms with Crippen molar-refractivity contribution in [2.45, 2.75) is 52.0 Å². The summed E-state index contributed by atoms with van der Waals surface area (Å²) in [6, 6.07) is 0.360. The zero-order valence-corrected chi connectivity index (χ0v) is 11.2. The van der Waals surface area contributed by atoms with Crippen LogP contribution in [-0.4, -0.2) is 22.1 Å². The first-order valence-corrected chi connectivity index (χ1v) is 7.00. The van der Waals surface area contributed by atoms with Gasteiger partial charge in [0, 0.05) is 6.04 Å². The molecule has 0 aliphatic rings. The molecule has 0 bridgehead atoms. The highest BCUT2D eigenvalue weighted by Gasteiger charge is 2.16. The molecule has 0 amide bonds. The average Bonchev–Trinajstić information content (AvgIpc) is 2.74. The largest absolute Gasteiger partial charge is 0.476 e. The summed E-state index contributed by atoms with van der Waals surface area (Å²) in [6.07, 6.45) is 5.58. The van der Waals surface area contributed by atoms with E-state index in [1.165, 1.54) is 17.8 Å². The molecule has 0 aliphatic heterocycles. The second-order valence-electron chi connectivity index (χ2n) is 4.11. The molecule has 0 aromatic carbocycles. The van der Waals surface area contributed by atoms with E-state index >= 15 is 0 Å². The average molecular weight is 256 g/mol. The first-order chi connectivity index (χ1) is 8.19. The Morgan fingerprint density at radius 3 is 2.82 bits per heavy atom. The number of rotatable bonds is 8. The molecule has 0 spiro atoms. The van der Waals surface area contributed by atoms with E-state index in [1.807, 2.05) is 0 Å². The van der Waals surface area contributed by atoms with E-state index in [-0.39, 0.29) is 5.69 Å². The number of anilines is 1. The molecule has 0 saturated carbocycles. The highest BCUT2D eigenvalue weighted by atomic mass is 32.1. The number of nitrogens with zero attached hydrogens (tertiary/aromatic N) is 1. The number of unbranched alkanes of at least 4 members (excludes halogenated alkanes) is 1. The number of carboxylic acid groups (broad SMARTS) is 1. The maximum atomic E-state index is 10.9. The van der Waals surface area contributed by atoms with Gasteiger partial charge in [-0.2, -0.15) is 0 Å². The van der Waals surface area contributed by atoms with Gasteiger partial charge in [0.05, 0.1) is 5.51 Å². The summed E-state index contributed by atoms with van der Waals surface area (Å²) in [5.41, 5.74) is 1.72. The monoisotopic (exact) mass is 256 g/mol. The van der Waals surface area contributed by atoms with Gasteiger partial charge in [-0.05, 0) is 12.8 Å². The number of aromatic carboxylic acids is 1. The van der Waals surface area contributed by atoms with Gasteiger partial charge in [-0.15, -0.1) is 11.3 Å². The second kappa shape index (κ2) is 7.27. The van der Waals surface area contributed by atoms with E-state index in [1.54, 1.807) is 5.51 Å². The number of carbonyl (C=O) groups is 1. The first-order valence-electron chi connectivity index (χ1n) is 6.12. The molecule has 1 rings (SSSR count). The number of thiazole rings is 1. The van der Waals surface area contributed by atoms with Gasteiger partial charge in [0.1, 0.15) is 5.00 Å². The number of hydrogen-bond acceptors (Lipinski definition) is 4. The van der Waals surface area contributed by atoms with E-state index in [0.717, 1.165) is 25.7 Å². The van der Waals surface area contributed by atoms with Crippen molar-refractivity contribution >= 4 is 22.3 Å². The van der Waals surface area contributed by atoms with Crippen molar-refractivity contribution in [1.29, 1.82) is 0 Å². The minimum atomic E-state index is -0.959. The number of hydrogen-bond donors (Lipinski definition) is 2. The van der Waals surface area contributed by atoms with Crippen molar-refractivity contribution in [3.63, 3.8) is 0 Å². The van der Waals surface area contributed by atoms with Crippen LogP contribution < -0.4 is 5.32 Å². The van der Waals surface area contributed by atoms with Crippen LogP contribution in [0.15, 0.2) is 5.51 Å². The second-order valence-corrected chi connectivity index (χ2v) is 4.96. The summed E-state index contributed by atoms with van der Waals surface area (Å²) < 4.78 is 0. The molecule has 1 aromatic rings. The Morgan fingerprint density at radius 1 is 1.47 bits per heavy atom. The lowest BCUT2D eigenvalue weighted by molar-refractivity contribution is 0.0692. The molecule has 17 heavy (non-hydrogen) atoms. The molecular formula is C12H20N2O2S. The Bertz CT molecular complexity index is 352. The van der Waals surface area contributed by atoms with Crippen LogP contribution in [0.2, 0.25) is 0 Å². The summed E-state index contributed by atoms with van der Waals surface area (Å²) >= 11 is 1.36. The Balaban J connectivity index is 2.64. The summed E-state index contributed by atoms with van der Waals surface area (Å²) in [5.74, 6) is -0.959. The molecule has 0 aliphatic carbocycles. The van der Waals surface area contributed by atoms with Gasteiger partial charge < -0.3 is 10.4 Å². The Kier molecular flexibility index (Phi) is 5.97. The number of nitrogens with one attached hydrogen (secondary N) is 1. The van der Waals surface area contributed by atoms with Crippen LogP contribution >= 0.6 is 11.3 Å². The third-order valence-electron chi connectivity index (χ3n) is 2.65. The number of carboxylic acids is 1. The zero-order valence-electron chi connectivity index (χ0n) is 10.4. The van der Waals surface area contributed by atoms with E-state index in [0.29, 0.717) is 11.0 Å². The van der Waals surface area contributed by atoms with Crippen LogP contribution in [0.1, 0.15) is 56.4 Å². The van der Waals surface area contributed by atoms with Crippen LogP contribution in [0.5, 0.6) is 0 Å². The Morgan fingerprint density at radius 2 is 2.24 bits per heavy atom. The van der Waals surface area contributed by atoms with Crippen LogP contribution in [0.25, 0.3) is 0 Å². The minimum absolute atomic E-state index is 0.146. The van der Waals surface area contributed by atoms with Gasteiger partial charge >= 0.3 is 5.97 Å². The summed E-state index contributed by atoms with van der Waals surface area (Å²) in [6.45, 7) is 4.31. The van der Waals surface area contributed by atoms with Gasteiger partial charge in [-0.3, -0.25) is 0 Å². The molecule has 0 saturated heterocycles. The fourth-order valence-electron chi connectivity index (χ4n) is 1.77. The van der Waals surface area contributed by atoms with Gasteiger partial charge in [0.2, 0.25) is 0 Å². The molecule has 1 heterocycles. The topological polar surface area (TPSA) is 62.2 Å². The van der Waals surface area contributed by atoms with Gasteiger partial charge in [-0.1, -0.05) is 33.1 Å². The molecule has 0 fully saturated rings. The van der Waals surface area contributed by atoms with E-state index in [9.17, 15) is 4.79 Å². The van der Waals surface area contributed by atoms with Crippen molar-refractivity contribution in [1.82, 2.24) is 4.98 Å². The molecule has 96 valence electrons. The quantitative estimate of drug-likeness (QED) is 0.745. The summed E-state index contributed by atoms with van der Waals surface area (Å²) in [5, 5.41) is 13.0. The van der Waals surface area contributed by atoms with Crippen molar-refractivity contribution in [3.8, 4) is 0 Å². The van der Waals surface area contributed by atoms with Gasteiger partial charge in [0.25, 0.3) is 0 Å². The van der Waals surface area contributed by atoms with Crippen molar-refractivity contribution in [3.05, 3.63) is 11.2 Å². The molecule has 5 heteroatoms. The van der Waals surface area contributed by atoms with Gasteiger partial charge in [0.15, 0.2) is 5.69 Å². The molecule has 1 unspecified atom stereocenters. The number of aromatic nitrogens is 1. The molecule has 4 nitrogen and oxygen atoms in total. The van der Waals surface area contributed by atoms with E-state index in [4.69, 9.17) is 5.11 Å². The predicted octanol–water partition coefficient (Wildman–Crippen LogP) is 3.61. The predicted molar refractivity (Wildman–Crippen MR) is 70.9 cm³/mol. The fraction of sp³-hybridized carbons (Fsp3) is 0.667. The SMILES string of the molecule is CCCCC(CCC)Nc1scnc1C(=O)O. The molecule has 1 aromatic heterocycles. The van der Waals surface area contributed by atoms with Crippen molar-refractivity contribution in [2.75, 3.05) is 5.32 Å². The molecular weight excluding hydrogens is 236 g/mol. The standard InChI is InChI=1S/C12H20N2O2S/c1-3-5-7-9(6-4-2)14-11-10(12(15)16)13-8-17-11/h8-9,14H,3-7H2,1-2H3,(H,15,16). The Hall–Kier alpha value is -1.10. The molecule has 1 atom stereocenters. The van der Waals surface area contributed by atoms with Crippen LogP contribution in [-0.2, 0) is 0 Å². The molecule has 0 radical (unpaired) electrons. The van der Waals surface area contributed by atoms with E-state index in [2.05, 4.69) is 24.1 Å². The highest BCUT2D eigenvalue weighted by molar-refractivity contribution is 7.14. The maximum absolute atomic E-state index is 10.9. The van der Waals surface area contributed by atoms with Crippen LogP contribution in [0, 0.1) is 0 Å². The van der Waals surface area contributed by atoms with Crippen molar-refractivity contribution < 1.29 is 9.90 Å². The summed E-state index contributed by atoms with van der Waals surface area (Å²) in [4.78, 5) is 14.8. The Labute approximate surface area is 106 Å². The normalized spacial score (nSPS) is 12.4.